The minimum Gasteiger partial charge on any atom is -0.417 e. The summed E-state index contributed by atoms with van der Waals surface area (Å²) in [6, 6.07) is 0. The summed E-state index contributed by atoms with van der Waals surface area (Å²) in [6.07, 6.45) is 9.58. The molecule has 1 unspecified atom stereocenters. The molecule has 3 fully saturated rings. The lowest BCUT2D eigenvalue weighted by molar-refractivity contribution is -0.142. The summed E-state index contributed by atoms with van der Waals surface area (Å²) in [4.78, 5) is 25.3. The molecule has 4 rings (SSSR count). The maximum atomic E-state index is 16.1. The van der Waals surface area contributed by atoms with Crippen molar-refractivity contribution in [3.05, 3.63) is 11.6 Å². The number of hydrogen-bond donors (Lipinski definition) is 0. The van der Waals surface area contributed by atoms with Crippen LogP contribution in [0.2, 0.25) is 13.1 Å². The molecule has 0 aromatic carbocycles. The second kappa shape index (κ2) is 9.92. The van der Waals surface area contributed by atoms with E-state index in [0.29, 0.717) is 24.7 Å². The van der Waals surface area contributed by atoms with Crippen LogP contribution in [0.4, 0.5) is 4.39 Å². The highest BCUT2D eigenvalue weighted by Crippen LogP contribution is 2.63. The van der Waals surface area contributed by atoms with Gasteiger partial charge in [-0.3, -0.25) is 9.59 Å². The molecule has 0 heterocycles. The summed E-state index contributed by atoms with van der Waals surface area (Å²) >= 11 is 0. The van der Waals surface area contributed by atoms with Crippen molar-refractivity contribution >= 4 is 20.6 Å². The predicted molar refractivity (Wildman–Crippen MR) is 138 cm³/mol. The third-order valence-electron chi connectivity index (χ3n) is 9.63. The molecule has 0 aliphatic heterocycles. The standard InChI is InChI=1S/C29H47FO3Si/c1-28(2,3)14-8-7-9-24(33-34(5)6)21-16-18-15-19(31)10-11-20(18)27-23(30)17-29(4)22(26(21)27)12-13-25(29)32/h15,20-24,26-27,34H,7-14,16-17H2,1-6H3/t20-,21-,22-,23-,24?,26-,27-,29-/m0/s1. The quantitative estimate of drug-likeness (QED) is 0.290. The van der Waals surface area contributed by atoms with Crippen LogP contribution in [0.15, 0.2) is 11.6 Å². The van der Waals surface area contributed by atoms with Crippen LogP contribution in [-0.2, 0) is 14.0 Å². The maximum Gasteiger partial charge on any atom is 0.171 e. The Labute approximate surface area is 208 Å². The number of allylic oxidation sites excluding steroid dienone is 1. The Morgan fingerprint density at radius 3 is 2.56 bits per heavy atom. The largest absolute Gasteiger partial charge is 0.417 e. The number of ketones is 2. The first-order valence-corrected chi connectivity index (χ1v) is 16.7. The van der Waals surface area contributed by atoms with Gasteiger partial charge in [0.25, 0.3) is 0 Å². The number of halogens is 1. The minimum atomic E-state index is -1.31. The lowest BCUT2D eigenvalue weighted by Gasteiger charge is -2.57. The number of rotatable bonds is 7. The fourth-order valence-corrected chi connectivity index (χ4v) is 9.21. The molecule has 4 aliphatic rings. The fraction of sp³-hybridized carbons (Fsp3) is 0.862. The van der Waals surface area contributed by atoms with Crippen molar-refractivity contribution in [1.29, 1.82) is 0 Å². The van der Waals surface area contributed by atoms with Crippen LogP contribution in [0.5, 0.6) is 0 Å². The summed E-state index contributed by atoms with van der Waals surface area (Å²) in [7, 11) is -1.31. The van der Waals surface area contributed by atoms with Gasteiger partial charge < -0.3 is 4.43 Å². The van der Waals surface area contributed by atoms with Gasteiger partial charge in [0.1, 0.15) is 12.0 Å². The third-order valence-corrected chi connectivity index (χ3v) is 10.5. The average molecular weight is 491 g/mol. The van der Waals surface area contributed by atoms with Gasteiger partial charge in [0.15, 0.2) is 14.8 Å². The average Bonchev–Trinajstić information content (AvgIpc) is 3.02. The lowest BCUT2D eigenvalue weighted by atomic mass is 9.48. The van der Waals surface area contributed by atoms with Crippen LogP contribution < -0.4 is 0 Å². The molecule has 0 bridgehead atoms. The van der Waals surface area contributed by atoms with Gasteiger partial charge in [-0.25, -0.2) is 4.39 Å². The summed E-state index contributed by atoms with van der Waals surface area (Å²) in [6.45, 7) is 13.4. The molecular formula is C29H47FO3Si. The first kappa shape index (κ1) is 26.3. The van der Waals surface area contributed by atoms with Gasteiger partial charge in [-0.2, -0.15) is 0 Å². The van der Waals surface area contributed by atoms with Gasteiger partial charge in [-0.1, -0.05) is 46.1 Å². The lowest BCUT2D eigenvalue weighted by Crippen LogP contribution is -2.57. The van der Waals surface area contributed by atoms with Crippen LogP contribution in [0, 0.1) is 40.4 Å². The van der Waals surface area contributed by atoms with E-state index in [1.54, 1.807) is 0 Å². The van der Waals surface area contributed by atoms with Gasteiger partial charge in [0.2, 0.25) is 0 Å². The zero-order chi connectivity index (χ0) is 24.8. The Morgan fingerprint density at radius 2 is 1.88 bits per heavy atom. The van der Waals surface area contributed by atoms with Crippen molar-refractivity contribution in [2.75, 3.05) is 0 Å². The first-order chi connectivity index (χ1) is 15.9. The normalized spacial score (nSPS) is 38.9. The molecule has 3 nitrogen and oxygen atoms in total. The van der Waals surface area contributed by atoms with E-state index in [0.717, 1.165) is 32.1 Å². The molecule has 8 atom stereocenters. The molecule has 192 valence electrons. The van der Waals surface area contributed by atoms with Crippen LogP contribution in [0.1, 0.15) is 91.9 Å². The number of hydrogen-bond acceptors (Lipinski definition) is 3. The summed E-state index contributed by atoms with van der Waals surface area (Å²) < 4.78 is 22.8. The zero-order valence-corrected chi connectivity index (χ0v) is 23.5. The van der Waals surface area contributed by atoms with Gasteiger partial charge in [-0.15, -0.1) is 0 Å². The van der Waals surface area contributed by atoms with E-state index in [2.05, 4.69) is 40.8 Å². The predicted octanol–water partition coefficient (Wildman–Crippen LogP) is 6.85. The molecule has 3 saturated carbocycles. The van der Waals surface area contributed by atoms with E-state index in [1.165, 1.54) is 18.4 Å². The summed E-state index contributed by atoms with van der Waals surface area (Å²) in [5.41, 5.74) is 0.999. The topological polar surface area (TPSA) is 43.4 Å². The zero-order valence-electron chi connectivity index (χ0n) is 22.4. The Balaban J connectivity index is 1.66. The molecule has 5 heteroatoms. The van der Waals surface area contributed by atoms with Crippen LogP contribution in [0.3, 0.4) is 0 Å². The van der Waals surface area contributed by atoms with Crippen molar-refractivity contribution in [1.82, 2.24) is 0 Å². The Hall–Kier alpha value is -0.813. The number of alkyl halides is 1. The second-order valence-corrected chi connectivity index (χ2v) is 16.0. The van der Waals surface area contributed by atoms with Gasteiger partial charge in [0, 0.05) is 30.3 Å². The highest BCUT2D eigenvalue weighted by Gasteiger charge is 2.62. The molecule has 0 amide bonds. The van der Waals surface area contributed by atoms with Gasteiger partial charge >= 0.3 is 0 Å². The molecule has 0 N–H and O–H groups in total. The molecule has 0 aromatic heterocycles. The Kier molecular flexibility index (Phi) is 7.66. The SMILES string of the molecule is C[SiH](C)OC(CCCCC(C)(C)C)[C@@H]1CC2=CC(=O)CC[C@@H]2[C@@H]2[C@@H]1[C@@H]1CCC(=O)[C@@]1(C)C[C@@H]2F. The van der Waals surface area contributed by atoms with Crippen LogP contribution >= 0.6 is 0 Å². The molecule has 0 saturated heterocycles. The van der Waals surface area contributed by atoms with Crippen LogP contribution in [-0.4, -0.2) is 32.9 Å². The van der Waals surface area contributed by atoms with Gasteiger partial charge in [0.05, 0.1) is 0 Å². The van der Waals surface area contributed by atoms with Crippen LogP contribution in [0.25, 0.3) is 0 Å². The number of carbonyl (C=O) groups is 2. The van der Waals surface area contributed by atoms with Gasteiger partial charge in [-0.05, 0) is 86.8 Å². The molecule has 4 aliphatic carbocycles. The summed E-state index contributed by atoms with van der Waals surface area (Å²) in [5, 5.41) is 0. The third kappa shape index (κ3) is 5.16. The minimum absolute atomic E-state index is 0.0587. The van der Waals surface area contributed by atoms with E-state index in [1.807, 2.05) is 6.08 Å². The number of Topliss-reactive ketones (excluding diaryl/α,β-unsaturated/α-hetero) is 1. The monoisotopic (exact) mass is 490 g/mol. The maximum absolute atomic E-state index is 16.1. The van der Waals surface area contributed by atoms with Crippen molar-refractivity contribution < 1.29 is 18.4 Å². The summed E-state index contributed by atoms with van der Waals surface area (Å²) in [5.74, 6) is 1.27. The second-order valence-electron chi connectivity index (χ2n) is 13.6. The molecule has 0 radical (unpaired) electrons. The number of unbranched alkanes of at least 4 members (excludes halogenated alkanes) is 1. The first-order valence-electron chi connectivity index (χ1n) is 14.0. The van der Waals surface area contributed by atoms with Crippen molar-refractivity contribution in [3.8, 4) is 0 Å². The highest BCUT2D eigenvalue weighted by atomic mass is 28.3. The number of fused-ring (bicyclic) bond motifs is 5. The number of carbonyl (C=O) groups excluding carboxylic acids is 2. The Morgan fingerprint density at radius 1 is 1.15 bits per heavy atom. The van der Waals surface area contributed by atoms with Crippen molar-refractivity contribution in [3.63, 3.8) is 0 Å². The molecule has 0 aromatic rings. The van der Waals surface area contributed by atoms with E-state index < -0.39 is 20.6 Å². The van der Waals surface area contributed by atoms with E-state index in [9.17, 15) is 9.59 Å². The van der Waals surface area contributed by atoms with E-state index in [4.69, 9.17) is 4.43 Å². The molecule has 34 heavy (non-hydrogen) atoms. The molecular weight excluding hydrogens is 443 g/mol. The smallest absolute Gasteiger partial charge is 0.171 e. The fourth-order valence-electron chi connectivity index (χ4n) is 8.17. The molecule has 0 spiro atoms. The van der Waals surface area contributed by atoms with Crippen molar-refractivity contribution in [2.24, 2.45) is 40.4 Å². The highest BCUT2D eigenvalue weighted by molar-refractivity contribution is 6.48. The van der Waals surface area contributed by atoms with Crippen molar-refractivity contribution in [2.45, 2.75) is 117 Å². The van der Waals surface area contributed by atoms with E-state index >= 15 is 4.39 Å². The van der Waals surface area contributed by atoms with E-state index in [-0.39, 0.29) is 47.3 Å². The Bertz CT molecular complexity index is 815.